The zero-order chi connectivity index (χ0) is 22.3. The van der Waals surface area contributed by atoms with E-state index in [1.807, 2.05) is 36.4 Å². The average molecular weight is 469 g/mol. The minimum absolute atomic E-state index is 0.121. The Bertz CT molecular complexity index is 1270. The summed E-state index contributed by atoms with van der Waals surface area (Å²) in [6, 6.07) is 15.3. The van der Waals surface area contributed by atoms with Crippen LogP contribution in [0, 0.1) is 0 Å². The lowest BCUT2D eigenvalue weighted by atomic mass is 9.79. The van der Waals surface area contributed by atoms with Crippen LogP contribution in [-0.4, -0.2) is 42.9 Å². The minimum atomic E-state index is -3.42. The largest absolute Gasteiger partial charge is 0.454 e. The molecule has 3 heterocycles. The monoisotopic (exact) mass is 468 g/mol. The summed E-state index contributed by atoms with van der Waals surface area (Å²) in [6.07, 6.45) is 2.15. The van der Waals surface area contributed by atoms with E-state index in [1.165, 1.54) is 0 Å². The molecule has 32 heavy (non-hydrogen) atoms. The predicted molar refractivity (Wildman–Crippen MR) is 124 cm³/mol. The zero-order valence-corrected chi connectivity index (χ0v) is 18.9. The number of hydrogen-bond acceptors (Lipinski definition) is 6. The number of hydrogen-bond donors (Lipinski definition) is 1. The highest BCUT2D eigenvalue weighted by Crippen LogP contribution is 2.32. The molecule has 1 N–H and O–H groups in total. The molecule has 2 aliphatic rings. The molecule has 1 aromatic heterocycles. The van der Waals surface area contributed by atoms with Crippen LogP contribution in [0.25, 0.3) is 11.4 Å². The fourth-order valence-electron chi connectivity index (χ4n) is 4.43. The molecule has 9 heteroatoms. The van der Waals surface area contributed by atoms with E-state index < -0.39 is 17.0 Å². The van der Waals surface area contributed by atoms with E-state index in [1.54, 1.807) is 12.1 Å². The molecular weight excluding hydrogens is 447 g/mol. The molecule has 1 saturated heterocycles. The number of fused-ring (bicyclic) bond motifs is 1. The molecule has 0 amide bonds. The summed E-state index contributed by atoms with van der Waals surface area (Å²) in [6.45, 7) is 0.501. The highest BCUT2D eigenvalue weighted by atomic mass is 35.5. The van der Waals surface area contributed by atoms with Gasteiger partial charge in [0.2, 0.25) is 0 Å². The van der Waals surface area contributed by atoms with Crippen molar-refractivity contribution in [3.05, 3.63) is 76.1 Å². The van der Waals surface area contributed by atoms with Gasteiger partial charge < -0.3 is 9.68 Å². The molecule has 0 aliphatic carbocycles. The first-order valence-corrected chi connectivity index (χ1v) is 12.7. The smallest absolute Gasteiger partial charge is 0.427 e. The van der Waals surface area contributed by atoms with Crippen LogP contribution in [0.15, 0.2) is 53.4 Å². The molecule has 5 rings (SSSR count). The van der Waals surface area contributed by atoms with Crippen molar-refractivity contribution in [3.8, 4) is 11.4 Å². The van der Waals surface area contributed by atoms with Crippen molar-refractivity contribution in [1.82, 2.24) is 9.97 Å². The number of halogens is 1. The molecule has 0 radical (unpaired) electrons. The minimum Gasteiger partial charge on any atom is -0.427 e. The Morgan fingerprint density at radius 2 is 1.97 bits per heavy atom. The molecular formula is C23H22BClN2O4S. The van der Waals surface area contributed by atoms with Crippen molar-refractivity contribution >= 4 is 28.6 Å². The molecule has 1 unspecified atom stereocenters. The Kier molecular flexibility index (Phi) is 5.80. The summed E-state index contributed by atoms with van der Waals surface area (Å²) in [5.74, 6) is 0.781. The third kappa shape index (κ3) is 4.32. The van der Waals surface area contributed by atoms with Gasteiger partial charge in [-0.25, -0.2) is 18.4 Å². The normalized spacial score (nSPS) is 19.7. The molecule has 0 bridgehead atoms. The Morgan fingerprint density at radius 3 is 2.69 bits per heavy atom. The third-order valence-electron chi connectivity index (χ3n) is 6.03. The van der Waals surface area contributed by atoms with E-state index >= 15 is 0 Å². The van der Waals surface area contributed by atoms with Gasteiger partial charge in [0, 0.05) is 29.5 Å². The quantitative estimate of drug-likeness (QED) is 0.587. The molecule has 2 aliphatic heterocycles. The van der Waals surface area contributed by atoms with Gasteiger partial charge in [0.15, 0.2) is 15.7 Å². The van der Waals surface area contributed by atoms with Gasteiger partial charge >= 0.3 is 7.12 Å². The second kappa shape index (κ2) is 8.59. The molecule has 6 nitrogen and oxygen atoms in total. The van der Waals surface area contributed by atoms with Gasteiger partial charge in [-0.1, -0.05) is 48.0 Å². The molecule has 0 spiro atoms. The van der Waals surface area contributed by atoms with Gasteiger partial charge in [-0.15, -0.1) is 0 Å². The fourth-order valence-corrected chi connectivity index (χ4v) is 6.33. The van der Waals surface area contributed by atoms with Crippen molar-refractivity contribution in [2.24, 2.45) is 0 Å². The van der Waals surface area contributed by atoms with E-state index in [0.29, 0.717) is 54.4 Å². The van der Waals surface area contributed by atoms with Crippen molar-refractivity contribution in [1.29, 1.82) is 0 Å². The summed E-state index contributed by atoms with van der Waals surface area (Å²) >= 11 is 6.15. The lowest BCUT2D eigenvalue weighted by Gasteiger charge is -2.20. The van der Waals surface area contributed by atoms with Crippen molar-refractivity contribution in [2.45, 2.75) is 36.4 Å². The Balaban J connectivity index is 1.53. The summed E-state index contributed by atoms with van der Waals surface area (Å²) < 4.78 is 31.1. The summed E-state index contributed by atoms with van der Waals surface area (Å²) in [5, 5.41) is 10.2. The summed E-state index contributed by atoms with van der Waals surface area (Å²) in [4.78, 5) is 9.59. The maximum Gasteiger partial charge on any atom is 0.454 e. The van der Waals surface area contributed by atoms with Gasteiger partial charge in [-0.2, -0.15) is 0 Å². The number of rotatable bonds is 4. The van der Waals surface area contributed by atoms with Crippen LogP contribution in [-0.2, 0) is 27.3 Å². The number of sulfone groups is 1. The van der Waals surface area contributed by atoms with Crippen LogP contribution in [0.4, 0.5) is 0 Å². The average Bonchev–Trinajstić information content (AvgIpc) is 3.20. The van der Waals surface area contributed by atoms with Crippen LogP contribution in [0.1, 0.15) is 34.9 Å². The molecule has 1 fully saturated rings. The second-order valence-corrected chi connectivity index (χ2v) is 10.8. The van der Waals surface area contributed by atoms with Crippen LogP contribution in [0.2, 0.25) is 11.3 Å². The Hall–Kier alpha value is -2.26. The van der Waals surface area contributed by atoms with Crippen molar-refractivity contribution in [3.63, 3.8) is 0 Å². The van der Waals surface area contributed by atoms with Gasteiger partial charge in [0.1, 0.15) is 4.90 Å². The van der Waals surface area contributed by atoms with Crippen molar-refractivity contribution in [2.75, 3.05) is 12.4 Å². The highest BCUT2D eigenvalue weighted by Gasteiger charge is 2.31. The first-order valence-electron chi connectivity index (χ1n) is 10.7. The number of benzene rings is 2. The van der Waals surface area contributed by atoms with E-state index in [9.17, 15) is 13.4 Å². The highest BCUT2D eigenvalue weighted by molar-refractivity contribution is 7.91. The van der Waals surface area contributed by atoms with E-state index in [0.717, 1.165) is 16.7 Å². The number of nitrogens with zero attached hydrogens (tertiary/aromatic N) is 2. The van der Waals surface area contributed by atoms with Crippen LogP contribution >= 0.6 is 11.6 Å². The molecule has 164 valence electrons. The van der Waals surface area contributed by atoms with Crippen LogP contribution in [0.3, 0.4) is 0 Å². The maximum absolute atomic E-state index is 12.9. The lowest BCUT2D eigenvalue weighted by molar-refractivity contribution is 0.292. The van der Waals surface area contributed by atoms with Gasteiger partial charge in [-0.05, 0) is 42.4 Å². The summed E-state index contributed by atoms with van der Waals surface area (Å²) in [7, 11) is -4.13. The van der Waals surface area contributed by atoms with Gasteiger partial charge in [0.25, 0.3) is 0 Å². The molecule has 3 aromatic rings. The Labute approximate surface area is 192 Å². The van der Waals surface area contributed by atoms with E-state index in [2.05, 4.69) is 4.98 Å². The molecule has 2 aromatic carbocycles. The second-order valence-electron chi connectivity index (χ2n) is 8.34. The standard InChI is InChI=1S/C23H22BClN2O4S/c25-19-4-1-3-17(12-19)23-26-20-5-2-10-32(29,30)22(20)21(27-23)11-15-6-8-16(9-7-15)18-13-24(28)31-14-18/h1,3-4,6-9,12,18,28H,2,5,10-11,13-14H2. The SMILES string of the molecule is O=S1(=O)CCCc2nc(-c3cccc(Cl)c3)nc(Cc3ccc(C4COB(O)C4)cc3)c21. The van der Waals surface area contributed by atoms with Gasteiger partial charge in [-0.3, -0.25) is 0 Å². The topological polar surface area (TPSA) is 89.4 Å². The number of aryl methyl sites for hydroxylation is 1. The number of aromatic nitrogens is 2. The van der Waals surface area contributed by atoms with E-state index in [-0.39, 0.29) is 16.6 Å². The fraction of sp³-hybridized carbons (Fsp3) is 0.304. The molecule has 0 saturated carbocycles. The first-order chi connectivity index (χ1) is 15.4. The zero-order valence-electron chi connectivity index (χ0n) is 17.4. The Morgan fingerprint density at radius 1 is 1.16 bits per heavy atom. The lowest BCUT2D eigenvalue weighted by Crippen LogP contribution is -2.21. The maximum atomic E-state index is 12.9. The van der Waals surface area contributed by atoms with Crippen LogP contribution in [0.5, 0.6) is 0 Å². The van der Waals surface area contributed by atoms with Gasteiger partial charge in [0.05, 0.1) is 17.1 Å². The third-order valence-corrected chi connectivity index (χ3v) is 8.18. The first kappa shape index (κ1) is 21.6. The molecule has 1 atom stereocenters. The van der Waals surface area contributed by atoms with Crippen molar-refractivity contribution < 1.29 is 18.1 Å². The van der Waals surface area contributed by atoms with E-state index in [4.69, 9.17) is 21.2 Å². The summed E-state index contributed by atoms with van der Waals surface area (Å²) in [5.41, 5.74) is 3.94. The predicted octanol–water partition coefficient (Wildman–Crippen LogP) is 3.70. The van der Waals surface area contributed by atoms with Crippen LogP contribution < -0.4 is 0 Å².